The number of aromatic nitrogens is 2. The van der Waals surface area contributed by atoms with Crippen LogP contribution in [0.5, 0.6) is 0 Å². The fourth-order valence-corrected chi connectivity index (χ4v) is 7.11. The molecule has 2 aromatic heterocycles. The van der Waals surface area contributed by atoms with Gasteiger partial charge >= 0.3 is 0 Å². The van der Waals surface area contributed by atoms with Crippen LogP contribution in [0.2, 0.25) is 0 Å². The molecule has 0 radical (unpaired) electrons. The number of hydrogen-bond donors (Lipinski definition) is 3. The fourth-order valence-electron chi connectivity index (χ4n) is 6.55. The summed E-state index contributed by atoms with van der Waals surface area (Å²) in [5.41, 5.74) is 8.50. The first-order valence-electron chi connectivity index (χ1n) is 17.1. The molecule has 0 saturated carbocycles. The summed E-state index contributed by atoms with van der Waals surface area (Å²) in [5, 5.41) is 4.75. The van der Waals surface area contributed by atoms with Crippen molar-refractivity contribution in [1.82, 2.24) is 20.2 Å². The van der Waals surface area contributed by atoms with Crippen molar-refractivity contribution in [2.45, 2.75) is 80.1 Å². The van der Waals surface area contributed by atoms with E-state index in [4.69, 9.17) is 4.98 Å². The Balaban J connectivity index is 1.64. The van der Waals surface area contributed by atoms with Gasteiger partial charge in [-0.25, -0.2) is 8.42 Å². The summed E-state index contributed by atoms with van der Waals surface area (Å²) in [5.74, 6) is 1.02. The number of carbonyl (C=O) groups is 1. The van der Waals surface area contributed by atoms with Gasteiger partial charge in [-0.1, -0.05) is 63.9 Å². The standard InChI is InChI=1S/C39H55N5O3S/c1-25(2)23-44(24-26(3)4)38(45)39(8,9)35-20-33-34(22-41-35)42-37(31-18-27(5)17-28(6)19-31)36(33)29(7)21-40-16-15-30-11-13-32(14-12-30)43-48(10,46)47/h11-14,17-20,22,25-26,29,40,42-43H,15-16,21,23-24H2,1-10H3/t29-/m1/s1. The Hall–Kier alpha value is -3.69. The minimum Gasteiger partial charge on any atom is -0.353 e. The molecule has 9 heteroatoms. The third-order valence-electron chi connectivity index (χ3n) is 8.66. The minimum absolute atomic E-state index is 0.109. The molecule has 1 atom stereocenters. The maximum absolute atomic E-state index is 14.1. The molecular formula is C39H55N5O3S. The van der Waals surface area contributed by atoms with Gasteiger partial charge in [-0.05, 0) is 105 Å². The van der Waals surface area contributed by atoms with E-state index in [2.05, 4.69) is 87.8 Å². The SMILES string of the molecule is Cc1cc(C)cc(-c2[nH]c3cnc(C(C)(C)C(=O)N(CC(C)C)CC(C)C)cc3c2[C@H](C)CNCCc2ccc(NS(C)(=O)=O)cc2)c1. The molecule has 2 heterocycles. The van der Waals surface area contributed by atoms with E-state index in [1.165, 1.54) is 16.7 Å². The lowest BCUT2D eigenvalue weighted by molar-refractivity contribution is -0.137. The van der Waals surface area contributed by atoms with E-state index < -0.39 is 15.4 Å². The number of aromatic amines is 1. The molecule has 4 rings (SSSR count). The first-order chi connectivity index (χ1) is 22.4. The summed E-state index contributed by atoms with van der Waals surface area (Å²) in [4.78, 5) is 24.7. The van der Waals surface area contributed by atoms with Gasteiger partial charge in [-0.3, -0.25) is 14.5 Å². The van der Waals surface area contributed by atoms with Gasteiger partial charge < -0.3 is 15.2 Å². The molecule has 3 N–H and O–H groups in total. The maximum Gasteiger partial charge on any atom is 0.234 e. The predicted octanol–water partition coefficient (Wildman–Crippen LogP) is 7.57. The van der Waals surface area contributed by atoms with Crippen molar-refractivity contribution in [3.63, 3.8) is 0 Å². The van der Waals surface area contributed by atoms with Crippen molar-refractivity contribution in [2.24, 2.45) is 11.8 Å². The first kappa shape index (κ1) is 37.1. The third-order valence-corrected chi connectivity index (χ3v) is 9.26. The van der Waals surface area contributed by atoms with Gasteiger partial charge in [0.2, 0.25) is 15.9 Å². The Morgan fingerprint density at radius 2 is 1.54 bits per heavy atom. The van der Waals surface area contributed by atoms with Crippen molar-refractivity contribution in [1.29, 1.82) is 0 Å². The third kappa shape index (κ3) is 9.47. The lowest BCUT2D eigenvalue weighted by Crippen LogP contribution is -2.46. The molecule has 4 aromatic rings. The highest BCUT2D eigenvalue weighted by atomic mass is 32.2. The molecule has 0 unspecified atom stereocenters. The van der Waals surface area contributed by atoms with Crippen LogP contribution in [0.3, 0.4) is 0 Å². The fraction of sp³-hybridized carbons (Fsp3) is 0.487. The quantitative estimate of drug-likeness (QED) is 0.113. The van der Waals surface area contributed by atoms with Gasteiger partial charge in [0.25, 0.3) is 0 Å². The summed E-state index contributed by atoms with van der Waals surface area (Å²) >= 11 is 0. The molecule has 0 aliphatic carbocycles. The van der Waals surface area contributed by atoms with Crippen LogP contribution < -0.4 is 10.0 Å². The Labute approximate surface area is 288 Å². The van der Waals surface area contributed by atoms with E-state index >= 15 is 0 Å². The van der Waals surface area contributed by atoms with E-state index in [1.807, 2.05) is 37.1 Å². The summed E-state index contributed by atoms with van der Waals surface area (Å²) in [6.45, 7) is 22.1. The van der Waals surface area contributed by atoms with Crippen LogP contribution in [0, 0.1) is 25.7 Å². The Morgan fingerprint density at radius 1 is 0.938 bits per heavy atom. The number of carbonyl (C=O) groups excluding carboxylic acids is 1. The second-order valence-corrected chi connectivity index (χ2v) is 16.7. The molecule has 0 fully saturated rings. The van der Waals surface area contributed by atoms with Crippen molar-refractivity contribution >= 4 is 32.5 Å². The number of H-pyrrole nitrogens is 1. The number of nitrogens with one attached hydrogen (secondary N) is 3. The molecule has 0 saturated heterocycles. The molecule has 1 amide bonds. The van der Waals surface area contributed by atoms with E-state index in [1.54, 1.807) is 12.1 Å². The highest BCUT2D eigenvalue weighted by molar-refractivity contribution is 7.92. The highest BCUT2D eigenvalue weighted by Gasteiger charge is 2.36. The van der Waals surface area contributed by atoms with E-state index in [9.17, 15) is 13.2 Å². The van der Waals surface area contributed by atoms with Crippen LogP contribution in [0.4, 0.5) is 5.69 Å². The molecule has 48 heavy (non-hydrogen) atoms. The zero-order valence-corrected chi connectivity index (χ0v) is 31.3. The van der Waals surface area contributed by atoms with E-state index in [0.29, 0.717) is 17.5 Å². The molecule has 0 spiro atoms. The summed E-state index contributed by atoms with van der Waals surface area (Å²) < 4.78 is 25.6. The Kier molecular flexibility index (Phi) is 11.8. The molecule has 2 aromatic carbocycles. The molecular weight excluding hydrogens is 619 g/mol. The highest BCUT2D eigenvalue weighted by Crippen LogP contribution is 2.38. The van der Waals surface area contributed by atoms with Gasteiger partial charge in [-0.2, -0.15) is 0 Å². The van der Waals surface area contributed by atoms with Crippen LogP contribution >= 0.6 is 0 Å². The second kappa shape index (κ2) is 15.2. The molecule has 0 aliphatic heterocycles. The number of nitrogens with zero attached hydrogens (tertiary/aromatic N) is 2. The van der Waals surface area contributed by atoms with Gasteiger partial charge in [0, 0.05) is 30.7 Å². The van der Waals surface area contributed by atoms with Crippen molar-refractivity contribution in [3.05, 3.63) is 82.7 Å². The second-order valence-electron chi connectivity index (χ2n) is 15.0. The summed E-state index contributed by atoms with van der Waals surface area (Å²) in [7, 11) is -3.30. The number of anilines is 1. The lowest BCUT2D eigenvalue weighted by Gasteiger charge is -2.34. The van der Waals surface area contributed by atoms with Gasteiger partial charge in [-0.15, -0.1) is 0 Å². The molecule has 8 nitrogen and oxygen atoms in total. The number of hydrogen-bond acceptors (Lipinski definition) is 5. The molecule has 260 valence electrons. The van der Waals surface area contributed by atoms with E-state index in [0.717, 1.165) is 72.3 Å². The smallest absolute Gasteiger partial charge is 0.234 e. The van der Waals surface area contributed by atoms with Crippen LogP contribution in [0.15, 0.2) is 54.7 Å². The molecule has 0 aliphatic rings. The topological polar surface area (TPSA) is 107 Å². The molecule has 0 bridgehead atoms. The normalized spacial score (nSPS) is 13.0. The van der Waals surface area contributed by atoms with E-state index in [-0.39, 0.29) is 11.8 Å². The monoisotopic (exact) mass is 673 g/mol. The Bertz CT molecular complexity index is 1790. The van der Waals surface area contributed by atoms with Crippen molar-refractivity contribution in [3.8, 4) is 11.3 Å². The minimum atomic E-state index is -3.30. The maximum atomic E-state index is 14.1. The van der Waals surface area contributed by atoms with Crippen molar-refractivity contribution in [2.75, 3.05) is 37.2 Å². The van der Waals surface area contributed by atoms with Crippen LogP contribution in [-0.4, -0.2) is 61.6 Å². The van der Waals surface area contributed by atoms with Gasteiger partial charge in [0.05, 0.1) is 34.8 Å². The summed E-state index contributed by atoms with van der Waals surface area (Å²) in [6, 6.07) is 16.3. The summed E-state index contributed by atoms with van der Waals surface area (Å²) in [6.07, 6.45) is 3.86. The number of benzene rings is 2. The number of sulfonamides is 1. The van der Waals surface area contributed by atoms with Crippen molar-refractivity contribution < 1.29 is 13.2 Å². The average molecular weight is 674 g/mol. The predicted molar refractivity (Wildman–Crippen MR) is 200 cm³/mol. The van der Waals surface area contributed by atoms with Crippen LogP contribution in [0.1, 0.15) is 82.3 Å². The van der Waals surface area contributed by atoms with Crippen LogP contribution in [-0.2, 0) is 26.7 Å². The largest absolute Gasteiger partial charge is 0.353 e. The number of rotatable bonds is 15. The average Bonchev–Trinajstić information content (AvgIpc) is 3.37. The Morgan fingerprint density at radius 3 is 2.10 bits per heavy atom. The number of amides is 1. The van der Waals surface area contributed by atoms with Crippen LogP contribution in [0.25, 0.3) is 22.2 Å². The number of pyridine rings is 1. The first-order valence-corrected chi connectivity index (χ1v) is 19.0. The lowest BCUT2D eigenvalue weighted by atomic mass is 9.85. The zero-order valence-electron chi connectivity index (χ0n) is 30.5. The number of fused-ring (bicyclic) bond motifs is 1. The van der Waals surface area contributed by atoms with Gasteiger partial charge in [0.1, 0.15) is 0 Å². The zero-order chi connectivity index (χ0) is 35.4. The van der Waals surface area contributed by atoms with Gasteiger partial charge in [0.15, 0.2) is 0 Å². The number of aryl methyl sites for hydroxylation is 2.